The Kier molecular flexibility index (Phi) is 11.7. The van der Waals surface area contributed by atoms with Gasteiger partial charge in [-0.3, -0.25) is 0 Å². The molecule has 43 heavy (non-hydrogen) atoms. The maximum Gasteiger partial charge on any atom is 0.162 e. The summed E-state index contributed by atoms with van der Waals surface area (Å²) in [5.41, 5.74) is 2.12. The van der Waals surface area contributed by atoms with Gasteiger partial charge in [0.1, 0.15) is 0 Å². The van der Waals surface area contributed by atoms with E-state index in [1.165, 1.54) is 12.8 Å². The number of hydrogen-bond acceptors (Lipinski definition) is 1. The van der Waals surface area contributed by atoms with Gasteiger partial charge >= 0.3 is 0 Å². The molecule has 3 aliphatic carbocycles. The molecule has 5 heteroatoms. The Morgan fingerprint density at radius 2 is 1.09 bits per heavy atom. The molecule has 3 saturated carbocycles. The van der Waals surface area contributed by atoms with Crippen LogP contribution in [0.3, 0.4) is 0 Å². The van der Waals surface area contributed by atoms with Crippen LogP contribution in [-0.2, 0) is 17.6 Å². The number of halogens is 4. The van der Waals surface area contributed by atoms with Gasteiger partial charge < -0.3 is 4.74 Å². The summed E-state index contributed by atoms with van der Waals surface area (Å²) < 4.78 is 65.1. The van der Waals surface area contributed by atoms with Gasteiger partial charge in [-0.05, 0) is 148 Å². The van der Waals surface area contributed by atoms with Crippen molar-refractivity contribution in [2.75, 3.05) is 6.61 Å². The predicted molar refractivity (Wildman–Crippen MR) is 166 cm³/mol. The van der Waals surface area contributed by atoms with Crippen molar-refractivity contribution in [2.24, 2.45) is 17.8 Å². The highest BCUT2D eigenvalue weighted by molar-refractivity contribution is 5.30. The van der Waals surface area contributed by atoms with Crippen molar-refractivity contribution in [2.45, 2.75) is 141 Å². The second-order valence-electron chi connectivity index (χ2n) is 13.9. The van der Waals surface area contributed by atoms with Crippen LogP contribution < -0.4 is 0 Å². The van der Waals surface area contributed by atoms with Gasteiger partial charge in [0.25, 0.3) is 0 Å². The lowest BCUT2D eigenvalue weighted by Crippen LogP contribution is -2.30. The van der Waals surface area contributed by atoms with E-state index in [0.29, 0.717) is 59.0 Å². The van der Waals surface area contributed by atoms with E-state index in [2.05, 4.69) is 6.92 Å². The Balaban J connectivity index is 1.01. The third-order valence-electron chi connectivity index (χ3n) is 11.3. The average molecular weight is 601 g/mol. The van der Waals surface area contributed by atoms with Gasteiger partial charge in [-0.25, -0.2) is 17.6 Å². The van der Waals surface area contributed by atoms with Crippen LogP contribution >= 0.6 is 0 Å². The summed E-state index contributed by atoms with van der Waals surface area (Å²) >= 11 is 0. The third kappa shape index (κ3) is 7.86. The summed E-state index contributed by atoms with van der Waals surface area (Å²) in [6.07, 6.45) is 17.0. The van der Waals surface area contributed by atoms with Gasteiger partial charge in [-0.1, -0.05) is 51.0 Å². The van der Waals surface area contributed by atoms with Crippen LogP contribution in [0.1, 0.15) is 144 Å². The zero-order chi connectivity index (χ0) is 30.3. The Morgan fingerprint density at radius 1 is 0.581 bits per heavy atom. The van der Waals surface area contributed by atoms with Gasteiger partial charge in [0.05, 0.1) is 6.10 Å². The van der Waals surface area contributed by atoms with Crippen molar-refractivity contribution in [3.05, 3.63) is 69.8 Å². The van der Waals surface area contributed by atoms with Crippen LogP contribution in [0, 0.1) is 41.0 Å². The molecular weight excluding hydrogens is 548 g/mol. The van der Waals surface area contributed by atoms with E-state index in [1.54, 1.807) is 6.07 Å². The first-order chi connectivity index (χ1) is 20.9. The van der Waals surface area contributed by atoms with E-state index in [-0.39, 0.29) is 11.8 Å². The summed E-state index contributed by atoms with van der Waals surface area (Å²) in [4.78, 5) is 0. The van der Waals surface area contributed by atoms with Crippen molar-refractivity contribution in [1.29, 1.82) is 0 Å². The zero-order valence-electron chi connectivity index (χ0n) is 26.4. The van der Waals surface area contributed by atoms with Gasteiger partial charge in [0.15, 0.2) is 23.3 Å². The normalized spacial score (nSPS) is 28.2. The molecule has 238 valence electrons. The fourth-order valence-electron chi connectivity index (χ4n) is 8.41. The minimum absolute atomic E-state index is 0.104. The molecule has 1 nitrogen and oxygen atoms in total. The number of ether oxygens (including phenoxy) is 1. The van der Waals surface area contributed by atoms with E-state index in [0.717, 1.165) is 90.1 Å². The van der Waals surface area contributed by atoms with Crippen LogP contribution in [0.2, 0.25) is 0 Å². The molecule has 0 amide bonds. The van der Waals surface area contributed by atoms with Crippen LogP contribution in [-0.4, -0.2) is 12.7 Å². The molecular formula is C38H52F4O. The van der Waals surface area contributed by atoms with Crippen molar-refractivity contribution < 1.29 is 22.3 Å². The summed E-state index contributed by atoms with van der Waals surface area (Å²) in [6.45, 7) is 4.75. The molecule has 0 radical (unpaired) electrons. The summed E-state index contributed by atoms with van der Waals surface area (Å²) in [6, 6.07) is 7.24. The minimum Gasteiger partial charge on any atom is -0.378 e. The molecule has 0 aromatic heterocycles. The highest BCUT2D eigenvalue weighted by atomic mass is 19.2. The molecule has 0 unspecified atom stereocenters. The summed E-state index contributed by atoms with van der Waals surface area (Å²) in [5, 5.41) is 0. The summed E-state index contributed by atoms with van der Waals surface area (Å²) in [7, 11) is 0. The highest BCUT2D eigenvalue weighted by Crippen LogP contribution is 2.44. The fourth-order valence-corrected chi connectivity index (χ4v) is 8.41. The van der Waals surface area contributed by atoms with Gasteiger partial charge in [0, 0.05) is 6.61 Å². The molecule has 0 spiro atoms. The Hall–Kier alpha value is -1.88. The first-order valence-corrected chi connectivity index (χ1v) is 17.4. The van der Waals surface area contributed by atoms with Crippen molar-refractivity contribution >= 4 is 0 Å². The second-order valence-corrected chi connectivity index (χ2v) is 13.9. The number of hydrogen-bond donors (Lipinski definition) is 0. The molecule has 0 aliphatic heterocycles. The molecule has 0 N–H and O–H groups in total. The van der Waals surface area contributed by atoms with E-state index in [4.69, 9.17) is 4.74 Å². The second kappa shape index (κ2) is 15.4. The smallest absolute Gasteiger partial charge is 0.162 e. The lowest BCUT2D eigenvalue weighted by molar-refractivity contribution is -0.0149. The molecule has 5 rings (SSSR count). The van der Waals surface area contributed by atoms with Crippen molar-refractivity contribution in [3.63, 3.8) is 0 Å². The van der Waals surface area contributed by atoms with E-state index < -0.39 is 23.3 Å². The molecule has 0 saturated heterocycles. The number of benzene rings is 2. The topological polar surface area (TPSA) is 9.23 Å². The van der Waals surface area contributed by atoms with Gasteiger partial charge in [0.2, 0.25) is 0 Å². The maximum absolute atomic E-state index is 14.9. The molecule has 2 aromatic rings. The standard InChI is InChI=1S/C38H52F4O/c1-3-5-6-7-31-19-23-34(38(42)36(31)40)29-10-8-25(9-11-29)24-43-32-20-16-28(17-21-32)27-12-14-30(15-13-27)33-22-18-26(4-2)35(39)37(33)41/h18-19,22-23,25,27-30,32H,3-17,20-21,24H2,1-2H3. The SMILES string of the molecule is CCCCCc1ccc(C2CCC(COC3CCC(C4CCC(c5ccc(CC)c(F)c5F)CC4)CC3)CC2)c(F)c1F. The van der Waals surface area contributed by atoms with Crippen molar-refractivity contribution in [1.82, 2.24) is 0 Å². The average Bonchev–Trinajstić information content (AvgIpc) is 3.04. The predicted octanol–water partition coefficient (Wildman–Crippen LogP) is 11.4. The van der Waals surface area contributed by atoms with Gasteiger partial charge in [-0.15, -0.1) is 0 Å². The maximum atomic E-state index is 14.9. The molecule has 3 fully saturated rings. The lowest BCUT2D eigenvalue weighted by Gasteiger charge is -2.38. The molecule has 0 bridgehead atoms. The first kappa shape index (κ1) is 32.5. The van der Waals surface area contributed by atoms with E-state index in [1.807, 2.05) is 25.1 Å². The number of unbranched alkanes of at least 4 members (excludes halogenated alkanes) is 2. The molecule has 2 aromatic carbocycles. The van der Waals surface area contributed by atoms with E-state index >= 15 is 0 Å². The van der Waals surface area contributed by atoms with Gasteiger partial charge in [-0.2, -0.15) is 0 Å². The van der Waals surface area contributed by atoms with Crippen LogP contribution in [0.25, 0.3) is 0 Å². The minimum atomic E-state index is -0.652. The quantitative estimate of drug-likeness (QED) is 0.184. The Bertz CT molecular complexity index is 1170. The molecule has 3 aliphatic rings. The number of aryl methyl sites for hydroxylation is 2. The van der Waals surface area contributed by atoms with Crippen LogP contribution in [0.4, 0.5) is 17.6 Å². The Labute approximate surface area is 257 Å². The Morgan fingerprint density at radius 3 is 1.65 bits per heavy atom. The van der Waals surface area contributed by atoms with Crippen LogP contribution in [0.5, 0.6) is 0 Å². The first-order valence-electron chi connectivity index (χ1n) is 17.4. The molecule has 0 heterocycles. The lowest BCUT2D eigenvalue weighted by atomic mass is 9.69. The number of rotatable bonds is 11. The van der Waals surface area contributed by atoms with Crippen LogP contribution in [0.15, 0.2) is 24.3 Å². The monoisotopic (exact) mass is 600 g/mol. The van der Waals surface area contributed by atoms with E-state index in [9.17, 15) is 17.6 Å². The largest absolute Gasteiger partial charge is 0.378 e. The highest BCUT2D eigenvalue weighted by Gasteiger charge is 2.33. The summed E-state index contributed by atoms with van der Waals surface area (Å²) in [5.74, 6) is -0.382. The van der Waals surface area contributed by atoms with Crippen molar-refractivity contribution in [3.8, 4) is 0 Å². The molecule has 0 atom stereocenters. The third-order valence-corrected chi connectivity index (χ3v) is 11.3. The fraction of sp³-hybridized carbons (Fsp3) is 0.684. The zero-order valence-corrected chi connectivity index (χ0v) is 26.4.